The molecule has 1 aromatic rings. The molecule has 1 saturated heterocycles. The Morgan fingerprint density at radius 3 is 2.67 bits per heavy atom. The molecule has 2 N–H and O–H groups in total. The van der Waals surface area contributed by atoms with Gasteiger partial charge in [-0.25, -0.2) is 0 Å². The lowest BCUT2D eigenvalue weighted by Gasteiger charge is -2.37. The molecule has 1 aliphatic rings. The first kappa shape index (κ1) is 16.3. The molecular formula is C13H21N5OS2. The van der Waals surface area contributed by atoms with E-state index < -0.39 is 0 Å². The van der Waals surface area contributed by atoms with Crippen LogP contribution in [-0.2, 0) is 6.42 Å². The van der Waals surface area contributed by atoms with Crippen molar-refractivity contribution < 1.29 is 4.79 Å². The first-order valence-corrected chi connectivity index (χ1v) is 8.36. The average Bonchev–Trinajstić information content (AvgIpc) is 2.94. The van der Waals surface area contributed by atoms with Crippen molar-refractivity contribution in [3.05, 3.63) is 10.6 Å². The molecule has 0 bridgehead atoms. The van der Waals surface area contributed by atoms with E-state index in [9.17, 15) is 4.79 Å². The molecule has 8 heteroatoms. The SMILES string of the molecule is CCCc1nnsc1C(=O)N1CCN(C(C)C(N)=S)CC1. The maximum absolute atomic E-state index is 12.6. The Bertz CT molecular complexity index is 510. The molecule has 1 aromatic heterocycles. The topological polar surface area (TPSA) is 75.4 Å². The fourth-order valence-electron chi connectivity index (χ4n) is 2.41. The largest absolute Gasteiger partial charge is 0.392 e. The average molecular weight is 327 g/mol. The van der Waals surface area contributed by atoms with Gasteiger partial charge in [-0.15, -0.1) is 5.10 Å². The van der Waals surface area contributed by atoms with Crippen molar-refractivity contribution in [2.45, 2.75) is 32.7 Å². The van der Waals surface area contributed by atoms with E-state index in [4.69, 9.17) is 18.0 Å². The van der Waals surface area contributed by atoms with Crippen LogP contribution < -0.4 is 5.73 Å². The summed E-state index contributed by atoms with van der Waals surface area (Å²) >= 11 is 6.23. The van der Waals surface area contributed by atoms with E-state index in [1.165, 1.54) is 11.5 Å². The number of hydrogen-bond acceptors (Lipinski definition) is 6. The number of nitrogens with zero attached hydrogens (tertiary/aromatic N) is 4. The predicted molar refractivity (Wildman–Crippen MR) is 87.6 cm³/mol. The number of aryl methyl sites for hydroxylation is 1. The Balaban J connectivity index is 1.97. The number of rotatable bonds is 5. The third kappa shape index (κ3) is 3.75. The second kappa shape index (κ2) is 7.24. The number of thiocarbonyl (C=S) groups is 1. The molecular weight excluding hydrogens is 306 g/mol. The van der Waals surface area contributed by atoms with Gasteiger partial charge in [-0.05, 0) is 24.9 Å². The molecule has 2 rings (SSSR count). The molecule has 1 atom stereocenters. The van der Waals surface area contributed by atoms with Crippen LogP contribution in [0.1, 0.15) is 35.6 Å². The summed E-state index contributed by atoms with van der Waals surface area (Å²) in [5.41, 5.74) is 6.51. The fourth-order valence-corrected chi connectivity index (χ4v) is 3.23. The van der Waals surface area contributed by atoms with Gasteiger partial charge < -0.3 is 10.6 Å². The smallest absolute Gasteiger partial charge is 0.267 e. The van der Waals surface area contributed by atoms with Gasteiger partial charge in [-0.2, -0.15) is 0 Å². The van der Waals surface area contributed by atoms with Crippen molar-refractivity contribution in [3.8, 4) is 0 Å². The molecule has 0 aliphatic carbocycles. The van der Waals surface area contributed by atoms with Gasteiger partial charge in [0.25, 0.3) is 5.91 Å². The van der Waals surface area contributed by atoms with Crippen molar-refractivity contribution in [1.82, 2.24) is 19.4 Å². The number of carbonyl (C=O) groups excluding carboxylic acids is 1. The van der Waals surface area contributed by atoms with Crippen molar-refractivity contribution in [2.75, 3.05) is 26.2 Å². The Labute approximate surface area is 134 Å². The van der Waals surface area contributed by atoms with Crippen LogP contribution in [0.4, 0.5) is 0 Å². The number of aromatic nitrogens is 2. The van der Waals surface area contributed by atoms with Crippen molar-refractivity contribution >= 4 is 34.6 Å². The first-order valence-electron chi connectivity index (χ1n) is 7.18. The van der Waals surface area contributed by atoms with E-state index in [1.807, 2.05) is 11.8 Å². The monoisotopic (exact) mass is 327 g/mol. The van der Waals surface area contributed by atoms with E-state index >= 15 is 0 Å². The third-order valence-corrected chi connectivity index (χ3v) is 4.89. The standard InChI is InChI=1S/C13H21N5OS2/c1-3-4-10-11(21-16-15-10)13(19)18-7-5-17(6-8-18)9(2)12(14)20/h9H,3-8H2,1-2H3,(H2,14,20). The van der Waals surface area contributed by atoms with Gasteiger partial charge in [-0.3, -0.25) is 9.69 Å². The summed E-state index contributed by atoms with van der Waals surface area (Å²) in [6.45, 7) is 7.04. The van der Waals surface area contributed by atoms with Crippen LogP contribution in [0.15, 0.2) is 0 Å². The zero-order chi connectivity index (χ0) is 15.4. The molecule has 1 aliphatic heterocycles. The van der Waals surface area contributed by atoms with E-state index in [-0.39, 0.29) is 11.9 Å². The molecule has 116 valence electrons. The van der Waals surface area contributed by atoms with Crippen molar-refractivity contribution in [1.29, 1.82) is 0 Å². The molecule has 0 aromatic carbocycles. The molecule has 1 unspecified atom stereocenters. The lowest BCUT2D eigenvalue weighted by atomic mass is 10.2. The Kier molecular flexibility index (Phi) is 5.60. The zero-order valence-electron chi connectivity index (χ0n) is 12.4. The molecule has 2 heterocycles. The van der Waals surface area contributed by atoms with Crippen LogP contribution >= 0.6 is 23.8 Å². The highest BCUT2D eigenvalue weighted by Gasteiger charge is 2.28. The normalized spacial score (nSPS) is 17.7. The van der Waals surface area contributed by atoms with Crippen LogP contribution in [-0.4, -0.2) is 62.5 Å². The van der Waals surface area contributed by atoms with Crippen LogP contribution in [0.5, 0.6) is 0 Å². The van der Waals surface area contributed by atoms with Gasteiger partial charge in [0.15, 0.2) is 0 Å². The summed E-state index contributed by atoms with van der Waals surface area (Å²) in [5, 5.41) is 4.07. The minimum atomic E-state index is 0.0519. The van der Waals surface area contributed by atoms with Crippen LogP contribution in [0.3, 0.4) is 0 Å². The highest BCUT2D eigenvalue weighted by molar-refractivity contribution is 7.80. The van der Waals surface area contributed by atoms with Crippen molar-refractivity contribution in [3.63, 3.8) is 0 Å². The van der Waals surface area contributed by atoms with Crippen LogP contribution in [0.2, 0.25) is 0 Å². The summed E-state index contributed by atoms with van der Waals surface area (Å²) in [4.78, 5) is 17.8. The lowest BCUT2D eigenvalue weighted by Crippen LogP contribution is -2.53. The highest BCUT2D eigenvalue weighted by Crippen LogP contribution is 2.17. The van der Waals surface area contributed by atoms with Gasteiger partial charge in [0.2, 0.25) is 0 Å². The van der Waals surface area contributed by atoms with E-state index in [0.717, 1.165) is 31.6 Å². The van der Waals surface area contributed by atoms with Crippen molar-refractivity contribution in [2.24, 2.45) is 5.73 Å². The molecule has 0 radical (unpaired) electrons. The predicted octanol–water partition coefficient (Wildman–Crippen LogP) is 0.923. The van der Waals surface area contributed by atoms with Crippen LogP contribution in [0, 0.1) is 0 Å². The van der Waals surface area contributed by atoms with Gasteiger partial charge in [0, 0.05) is 26.2 Å². The Morgan fingerprint density at radius 1 is 1.43 bits per heavy atom. The number of carbonyl (C=O) groups is 1. The molecule has 0 spiro atoms. The van der Waals surface area contributed by atoms with E-state index in [0.29, 0.717) is 23.0 Å². The van der Waals surface area contributed by atoms with Gasteiger partial charge in [-0.1, -0.05) is 30.1 Å². The third-order valence-electron chi connectivity index (χ3n) is 3.80. The number of piperazine rings is 1. The van der Waals surface area contributed by atoms with Gasteiger partial charge in [0.05, 0.1) is 16.7 Å². The number of amides is 1. The van der Waals surface area contributed by atoms with E-state index in [1.54, 1.807) is 0 Å². The summed E-state index contributed by atoms with van der Waals surface area (Å²) in [6.07, 6.45) is 1.76. The highest BCUT2D eigenvalue weighted by atomic mass is 32.1. The second-order valence-corrected chi connectivity index (χ2v) is 6.43. The number of hydrogen-bond donors (Lipinski definition) is 1. The summed E-state index contributed by atoms with van der Waals surface area (Å²) < 4.78 is 3.92. The Morgan fingerprint density at radius 2 is 2.10 bits per heavy atom. The fraction of sp³-hybridized carbons (Fsp3) is 0.692. The quantitative estimate of drug-likeness (QED) is 0.811. The first-order chi connectivity index (χ1) is 10.0. The maximum Gasteiger partial charge on any atom is 0.267 e. The lowest BCUT2D eigenvalue weighted by molar-refractivity contribution is 0.0625. The van der Waals surface area contributed by atoms with E-state index in [2.05, 4.69) is 21.4 Å². The summed E-state index contributed by atoms with van der Waals surface area (Å²) in [6, 6.07) is 0.0815. The zero-order valence-corrected chi connectivity index (χ0v) is 14.0. The molecule has 21 heavy (non-hydrogen) atoms. The Hall–Kier alpha value is -1.12. The minimum Gasteiger partial charge on any atom is -0.392 e. The number of nitrogens with two attached hydrogens (primary N) is 1. The van der Waals surface area contributed by atoms with Gasteiger partial charge in [0.1, 0.15) is 4.88 Å². The summed E-state index contributed by atoms with van der Waals surface area (Å²) in [5.74, 6) is 0.0519. The van der Waals surface area contributed by atoms with Crippen LogP contribution in [0.25, 0.3) is 0 Å². The van der Waals surface area contributed by atoms with Gasteiger partial charge >= 0.3 is 0 Å². The molecule has 1 amide bonds. The summed E-state index contributed by atoms with van der Waals surface area (Å²) in [7, 11) is 0. The molecule has 1 fully saturated rings. The molecule has 6 nitrogen and oxygen atoms in total. The maximum atomic E-state index is 12.6. The second-order valence-electron chi connectivity index (χ2n) is 5.21. The molecule has 0 saturated carbocycles. The minimum absolute atomic E-state index is 0.0519.